The van der Waals surface area contributed by atoms with E-state index in [1.54, 1.807) is 0 Å². The molecule has 1 saturated heterocycles. The van der Waals surface area contributed by atoms with Crippen molar-refractivity contribution in [2.75, 3.05) is 19.7 Å². The number of piperidine rings is 1. The van der Waals surface area contributed by atoms with Crippen LogP contribution in [0, 0.1) is 13.8 Å². The van der Waals surface area contributed by atoms with Crippen LogP contribution in [0.25, 0.3) is 10.9 Å². The number of hydrogen-bond donors (Lipinski definition) is 1. The van der Waals surface area contributed by atoms with E-state index in [2.05, 4.69) is 37.0 Å². The zero-order valence-electron chi connectivity index (χ0n) is 17.7. The maximum Gasteiger partial charge on any atom is 0.222 e. The van der Waals surface area contributed by atoms with Gasteiger partial charge in [-0.25, -0.2) is 0 Å². The third-order valence-electron chi connectivity index (χ3n) is 6.14. The molecule has 0 radical (unpaired) electrons. The van der Waals surface area contributed by atoms with Crippen LogP contribution in [0.1, 0.15) is 48.4 Å². The molecule has 0 spiro atoms. The van der Waals surface area contributed by atoms with Crippen molar-refractivity contribution in [1.82, 2.24) is 9.88 Å². The van der Waals surface area contributed by atoms with Gasteiger partial charge in [-0.3, -0.25) is 4.79 Å². The van der Waals surface area contributed by atoms with Gasteiger partial charge >= 0.3 is 0 Å². The fourth-order valence-electron chi connectivity index (χ4n) is 4.41. The predicted octanol–water partition coefficient (Wildman–Crippen LogP) is 6.00. The minimum absolute atomic E-state index is 0.222. The van der Waals surface area contributed by atoms with Crippen molar-refractivity contribution in [1.29, 1.82) is 0 Å². The van der Waals surface area contributed by atoms with Crippen molar-refractivity contribution in [2.24, 2.45) is 0 Å². The number of nitrogens with zero attached hydrogens (tertiary/aromatic N) is 1. The lowest BCUT2D eigenvalue weighted by atomic mass is 9.91. The second-order valence-electron chi connectivity index (χ2n) is 8.25. The fourth-order valence-corrected chi connectivity index (χ4v) is 4.60. The Morgan fingerprint density at radius 3 is 2.70 bits per heavy atom. The zero-order valence-corrected chi connectivity index (χ0v) is 18.5. The van der Waals surface area contributed by atoms with Crippen LogP contribution in [0.2, 0.25) is 5.02 Å². The van der Waals surface area contributed by atoms with Crippen molar-refractivity contribution in [3.05, 3.63) is 64.3 Å². The molecule has 2 aromatic carbocycles. The predicted molar refractivity (Wildman–Crippen MR) is 123 cm³/mol. The Kier molecular flexibility index (Phi) is 6.33. The molecular weight excluding hydrogens is 396 g/mol. The summed E-state index contributed by atoms with van der Waals surface area (Å²) in [6, 6.07) is 14.0. The van der Waals surface area contributed by atoms with Crippen molar-refractivity contribution in [3.8, 4) is 5.75 Å². The summed E-state index contributed by atoms with van der Waals surface area (Å²) in [6.07, 6.45) is 3.23. The summed E-state index contributed by atoms with van der Waals surface area (Å²) in [7, 11) is 0. The number of aromatic nitrogens is 1. The molecule has 4 rings (SSSR count). The van der Waals surface area contributed by atoms with E-state index in [1.165, 1.54) is 27.7 Å². The Morgan fingerprint density at radius 2 is 1.93 bits per heavy atom. The Balaban J connectivity index is 1.26. The number of fused-ring (bicyclic) bond motifs is 1. The monoisotopic (exact) mass is 424 g/mol. The standard InChI is InChI=1S/C25H29ClN2O2/c1-17-9-10-22-20(16-17)18(2)25(27-22)19-11-13-28(14-12-19)24(29)8-5-15-30-23-7-4-3-6-21(23)26/h3-4,6-7,9-10,16,19,27H,5,8,11-15H2,1-2H3. The number of para-hydroxylation sites is 1. The first kappa shape index (κ1) is 20.8. The number of ether oxygens (including phenoxy) is 1. The number of hydrogen-bond acceptors (Lipinski definition) is 2. The topological polar surface area (TPSA) is 45.3 Å². The van der Waals surface area contributed by atoms with E-state index in [0.29, 0.717) is 36.1 Å². The quantitative estimate of drug-likeness (QED) is 0.493. The van der Waals surface area contributed by atoms with Gasteiger partial charge in [-0.05, 0) is 62.9 Å². The number of aromatic amines is 1. The smallest absolute Gasteiger partial charge is 0.222 e. The van der Waals surface area contributed by atoms with Gasteiger partial charge < -0.3 is 14.6 Å². The lowest BCUT2D eigenvalue weighted by Crippen LogP contribution is -2.38. The van der Waals surface area contributed by atoms with Gasteiger partial charge in [0.15, 0.2) is 0 Å². The summed E-state index contributed by atoms with van der Waals surface area (Å²) in [6.45, 7) is 6.49. The number of halogens is 1. The normalized spacial score (nSPS) is 15.0. The number of rotatable bonds is 6. The molecule has 5 heteroatoms. The Hall–Kier alpha value is -2.46. The number of carbonyl (C=O) groups is 1. The number of aryl methyl sites for hydroxylation is 2. The summed E-state index contributed by atoms with van der Waals surface area (Å²) in [5.74, 6) is 1.39. The average molecular weight is 425 g/mol. The molecule has 1 N–H and O–H groups in total. The van der Waals surface area contributed by atoms with E-state index < -0.39 is 0 Å². The summed E-state index contributed by atoms with van der Waals surface area (Å²) < 4.78 is 5.69. The van der Waals surface area contributed by atoms with E-state index in [0.717, 1.165) is 25.9 Å². The van der Waals surface area contributed by atoms with E-state index in [-0.39, 0.29) is 5.91 Å². The first-order valence-electron chi connectivity index (χ1n) is 10.8. The summed E-state index contributed by atoms with van der Waals surface area (Å²) >= 11 is 6.09. The molecule has 4 nitrogen and oxygen atoms in total. The molecule has 0 atom stereocenters. The lowest BCUT2D eigenvalue weighted by Gasteiger charge is -2.32. The van der Waals surface area contributed by atoms with Gasteiger partial charge in [0.2, 0.25) is 5.91 Å². The molecule has 1 aliphatic heterocycles. The van der Waals surface area contributed by atoms with Crippen LogP contribution in [0.5, 0.6) is 5.75 Å². The minimum atomic E-state index is 0.222. The van der Waals surface area contributed by atoms with Crippen molar-refractivity contribution >= 4 is 28.4 Å². The number of carbonyl (C=O) groups excluding carboxylic acids is 1. The molecule has 0 unspecified atom stereocenters. The first-order valence-corrected chi connectivity index (χ1v) is 11.1. The van der Waals surface area contributed by atoms with Crippen molar-refractivity contribution in [3.63, 3.8) is 0 Å². The minimum Gasteiger partial charge on any atom is -0.492 e. The fraction of sp³-hybridized carbons (Fsp3) is 0.400. The van der Waals surface area contributed by atoms with E-state index >= 15 is 0 Å². The highest BCUT2D eigenvalue weighted by molar-refractivity contribution is 6.32. The second-order valence-corrected chi connectivity index (χ2v) is 8.66. The van der Waals surface area contributed by atoms with Gasteiger partial charge in [0.1, 0.15) is 5.75 Å². The van der Waals surface area contributed by atoms with Crippen LogP contribution >= 0.6 is 11.6 Å². The van der Waals surface area contributed by atoms with E-state index in [9.17, 15) is 4.79 Å². The molecule has 0 aliphatic carbocycles. The summed E-state index contributed by atoms with van der Waals surface area (Å²) in [5, 5.41) is 1.93. The Labute approximate surface area is 183 Å². The Bertz CT molecular complexity index is 1030. The third-order valence-corrected chi connectivity index (χ3v) is 6.45. The summed E-state index contributed by atoms with van der Waals surface area (Å²) in [4.78, 5) is 18.2. The maximum absolute atomic E-state index is 12.6. The number of benzene rings is 2. The Morgan fingerprint density at radius 1 is 1.17 bits per heavy atom. The molecule has 3 aromatic rings. The molecule has 0 saturated carbocycles. The van der Waals surface area contributed by atoms with E-state index in [1.807, 2.05) is 29.2 Å². The van der Waals surface area contributed by atoms with Crippen LogP contribution in [0.3, 0.4) is 0 Å². The van der Waals surface area contributed by atoms with Gasteiger partial charge in [0.25, 0.3) is 0 Å². The van der Waals surface area contributed by atoms with Crippen LogP contribution in [-0.4, -0.2) is 35.5 Å². The zero-order chi connectivity index (χ0) is 21.1. The number of amides is 1. The highest BCUT2D eigenvalue weighted by Gasteiger charge is 2.26. The van der Waals surface area contributed by atoms with E-state index in [4.69, 9.17) is 16.3 Å². The molecule has 2 heterocycles. The molecule has 1 fully saturated rings. The van der Waals surface area contributed by atoms with Crippen LogP contribution in [-0.2, 0) is 4.79 Å². The largest absolute Gasteiger partial charge is 0.492 e. The first-order chi connectivity index (χ1) is 14.5. The molecule has 1 aromatic heterocycles. The molecule has 1 amide bonds. The highest BCUT2D eigenvalue weighted by atomic mass is 35.5. The molecule has 30 heavy (non-hydrogen) atoms. The number of H-pyrrole nitrogens is 1. The van der Waals surface area contributed by atoms with Gasteiger partial charge in [-0.15, -0.1) is 0 Å². The molecule has 0 bridgehead atoms. The second kappa shape index (κ2) is 9.13. The van der Waals surface area contributed by atoms with Crippen LogP contribution in [0.15, 0.2) is 42.5 Å². The van der Waals surface area contributed by atoms with Gasteiger partial charge in [0.05, 0.1) is 11.6 Å². The third kappa shape index (κ3) is 4.49. The van der Waals surface area contributed by atoms with Crippen molar-refractivity contribution in [2.45, 2.75) is 45.4 Å². The number of nitrogens with one attached hydrogen (secondary N) is 1. The molecule has 158 valence electrons. The molecule has 1 aliphatic rings. The van der Waals surface area contributed by atoms with Gasteiger partial charge in [0, 0.05) is 42.0 Å². The number of likely N-dealkylation sites (tertiary alicyclic amines) is 1. The van der Waals surface area contributed by atoms with Crippen molar-refractivity contribution < 1.29 is 9.53 Å². The van der Waals surface area contributed by atoms with Crippen LogP contribution in [0.4, 0.5) is 0 Å². The average Bonchev–Trinajstić information content (AvgIpc) is 3.08. The van der Waals surface area contributed by atoms with Gasteiger partial charge in [-0.2, -0.15) is 0 Å². The molecular formula is C25H29ClN2O2. The van der Waals surface area contributed by atoms with Gasteiger partial charge in [-0.1, -0.05) is 35.4 Å². The van der Waals surface area contributed by atoms with Crippen LogP contribution < -0.4 is 4.74 Å². The SMILES string of the molecule is Cc1ccc2[nH]c(C3CCN(C(=O)CCCOc4ccccc4Cl)CC3)c(C)c2c1. The summed E-state index contributed by atoms with van der Waals surface area (Å²) in [5.41, 5.74) is 5.20. The highest BCUT2D eigenvalue weighted by Crippen LogP contribution is 2.34. The maximum atomic E-state index is 12.6. The lowest BCUT2D eigenvalue weighted by molar-refractivity contribution is -0.132.